The molecule has 2 N–H and O–H groups in total. The fraction of sp³-hybridized carbons (Fsp3) is 0.778. The first-order chi connectivity index (χ1) is 6.04. The van der Waals surface area contributed by atoms with E-state index in [0.717, 1.165) is 12.8 Å². The molecule has 0 spiro atoms. The van der Waals surface area contributed by atoms with Crippen LogP contribution >= 0.6 is 11.6 Å². The van der Waals surface area contributed by atoms with Gasteiger partial charge in [-0.15, -0.1) is 0 Å². The van der Waals surface area contributed by atoms with Gasteiger partial charge in [-0.25, -0.2) is 0 Å². The van der Waals surface area contributed by atoms with Gasteiger partial charge in [-0.05, 0) is 24.4 Å². The average molecular weight is 206 g/mol. The van der Waals surface area contributed by atoms with Crippen molar-refractivity contribution in [1.29, 1.82) is 0 Å². The van der Waals surface area contributed by atoms with Crippen molar-refractivity contribution in [2.45, 2.75) is 39.0 Å². The fourth-order valence-electron chi connectivity index (χ4n) is 1.39. The highest BCUT2D eigenvalue weighted by Gasteiger charge is 2.17. The lowest BCUT2D eigenvalue weighted by Gasteiger charge is -2.17. The van der Waals surface area contributed by atoms with Gasteiger partial charge in [-0.3, -0.25) is 9.59 Å². The minimum atomic E-state index is -0.361. The van der Waals surface area contributed by atoms with E-state index >= 15 is 0 Å². The Morgan fingerprint density at radius 2 is 1.62 bits per heavy atom. The van der Waals surface area contributed by atoms with E-state index in [9.17, 15) is 9.59 Å². The van der Waals surface area contributed by atoms with E-state index in [-0.39, 0.29) is 17.1 Å². The first-order valence-corrected chi connectivity index (χ1v) is 4.87. The van der Waals surface area contributed by atoms with Gasteiger partial charge in [0, 0.05) is 12.8 Å². The molecule has 1 fully saturated rings. The summed E-state index contributed by atoms with van der Waals surface area (Å²) in [5.41, 5.74) is 5.13. The molecule has 76 valence electrons. The summed E-state index contributed by atoms with van der Waals surface area (Å²) in [5, 5.41) is -0.361. The maximum absolute atomic E-state index is 10.6. The molecule has 0 unspecified atom stereocenters. The van der Waals surface area contributed by atoms with E-state index in [1.54, 1.807) is 0 Å². The number of carbonyl (C=O) groups is 2. The Morgan fingerprint density at radius 3 is 1.85 bits per heavy atom. The fourth-order valence-corrected chi connectivity index (χ4v) is 1.39. The molecule has 0 aromatic carbocycles. The Labute approximate surface area is 83.6 Å². The lowest BCUT2D eigenvalue weighted by molar-refractivity contribution is -0.122. The van der Waals surface area contributed by atoms with Gasteiger partial charge in [-0.1, -0.05) is 19.3 Å². The van der Waals surface area contributed by atoms with Gasteiger partial charge in [0.2, 0.25) is 11.1 Å². The molecule has 0 heterocycles. The molecule has 1 rings (SSSR count). The van der Waals surface area contributed by atoms with Crippen molar-refractivity contribution in [2.75, 3.05) is 0 Å². The van der Waals surface area contributed by atoms with E-state index in [2.05, 4.69) is 11.6 Å². The normalized spacial score (nSPS) is 17.1. The molecule has 0 aromatic heterocycles. The molecule has 1 amide bonds. The summed E-state index contributed by atoms with van der Waals surface area (Å²) in [4.78, 5) is 19.8. The number of nitrogens with two attached hydrogens (primary N) is 1. The van der Waals surface area contributed by atoms with Crippen molar-refractivity contribution in [1.82, 2.24) is 0 Å². The van der Waals surface area contributed by atoms with Crippen molar-refractivity contribution in [2.24, 2.45) is 11.7 Å². The number of halogens is 1. The number of hydrogen-bond acceptors (Lipinski definition) is 2. The Bertz CT molecular complexity index is 172. The Kier molecular flexibility index (Phi) is 6.59. The number of rotatable bonds is 1. The van der Waals surface area contributed by atoms with Crippen LogP contribution in [-0.4, -0.2) is 11.1 Å². The Balaban J connectivity index is 0.000000310. The monoisotopic (exact) mass is 205 g/mol. The quantitative estimate of drug-likeness (QED) is 0.664. The summed E-state index contributed by atoms with van der Waals surface area (Å²) < 4.78 is 0. The van der Waals surface area contributed by atoms with E-state index in [1.165, 1.54) is 26.2 Å². The molecule has 1 aliphatic carbocycles. The van der Waals surface area contributed by atoms with Gasteiger partial charge in [0.05, 0.1) is 0 Å². The second kappa shape index (κ2) is 6.89. The van der Waals surface area contributed by atoms with Crippen LogP contribution in [-0.2, 0) is 9.59 Å². The largest absolute Gasteiger partial charge is 0.369 e. The van der Waals surface area contributed by atoms with Crippen LogP contribution in [0.25, 0.3) is 0 Å². The number of amides is 1. The van der Waals surface area contributed by atoms with Crippen molar-refractivity contribution in [3.8, 4) is 0 Å². The molecule has 0 aliphatic heterocycles. The second-order valence-corrected chi connectivity index (χ2v) is 3.74. The molecule has 3 nitrogen and oxygen atoms in total. The van der Waals surface area contributed by atoms with Crippen LogP contribution in [0.5, 0.6) is 0 Å². The zero-order valence-corrected chi connectivity index (χ0v) is 8.64. The topological polar surface area (TPSA) is 60.2 Å². The van der Waals surface area contributed by atoms with Crippen molar-refractivity contribution < 1.29 is 9.59 Å². The first-order valence-electron chi connectivity index (χ1n) is 4.49. The predicted molar refractivity (Wildman–Crippen MR) is 52.3 cm³/mol. The maximum Gasteiger partial charge on any atom is 0.220 e. The van der Waals surface area contributed by atoms with Crippen LogP contribution in [0.3, 0.4) is 0 Å². The molecule has 0 atom stereocenters. The summed E-state index contributed by atoms with van der Waals surface area (Å²) in [6.45, 7) is 1.29. The Morgan fingerprint density at radius 1 is 1.23 bits per heavy atom. The zero-order valence-electron chi connectivity index (χ0n) is 7.88. The SMILES string of the molecule is CC(=O)Cl.NC(=O)C1CCCCC1. The summed E-state index contributed by atoms with van der Waals surface area (Å²) in [6.07, 6.45) is 5.70. The molecule has 1 saturated carbocycles. The van der Waals surface area contributed by atoms with Crippen LogP contribution < -0.4 is 5.73 Å². The molecule has 0 bridgehead atoms. The molecule has 0 aromatic rings. The smallest absolute Gasteiger partial charge is 0.220 e. The number of carbonyl (C=O) groups excluding carboxylic acids is 2. The van der Waals surface area contributed by atoms with Crippen LogP contribution in [0.4, 0.5) is 0 Å². The second-order valence-electron chi connectivity index (χ2n) is 3.21. The lowest BCUT2D eigenvalue weighted by Crippen LogP contribution is -2.24. The van der Waals surface area contributed by atoms with E-state index in [4.69, 9.17) is 5.73 Å². The van der Waals surface area contributed by atoms with Crippen molar-refractivity contribution in [3.63, 3.8) is 0 Å². The van der Waals surface area contributed by atoms with Gasteiger partial charge in [0.1, 0.15) is 0 Å². The molecular weight excluding hydrogens is 190 g/mol. The van der Waals surface area contributed by atoms with Crippen molar-refractivity contribution >= 4 is 22.8 Å². The number of hydrogen-bond donors (Lipinski definition) is 1. The van der Waals surface area contributed by atoms with E-state index < -0.39 is 0 Å². The van der Waals surface area contributed by atoms with Gasteiger partial charge in [0.15, 0.2) is 0 Å². The highest BCUT2D eigenvalue weighted by molar-refractivity contribution is 6.62. The third-order valence-corrected chi connectivity index (χ3v) is 2.01. The third kappa shape index (κ3) is 7.78. The molecule has 13 heavy (non-hydrogen) atoms. The minimum Gasteiger partial charge on any atom is -0.369 e. The average Bonchev–Trinajstić information content (AvgIpc) is 2.05. The van der Waals surface area contributed by atoms with Gasteiger partial charge < -0.3 is 5.73 Å². The molecular formula is C9H16ClNO2. The summed E-state index contributed by atoms with van der Waals surface area (Å²) in [5.74, 6) is 0.0912. The number of primary amides is 1. The highest BCUT2D eigenvalue weighted by Crippen LogP contribution is 2.22. The maximum atomic E-state index is 10.6. The van der Waals surface area contributed by atoms with Crippen LogP contribution in [0.15, 0.2) is 0 Å². The first kappa shape index (κ1) is 12.4. The predicted octanol–water partition coefficient (Wildman–Crippen LogP) is 1.82. The molecule has 0 saturated heterocycles. The molecule has 4 heteroatoms. The molecule has 1 aliphatic rings. The summed E-state index contributed by atoms with van der Waals surface area (Å²) in [6, 6.07) is 0. The van der Waals surface area contributed by atoms with Crippen LogP contribution in [0, 0.1) is 5.92 Å². The standard InChI is InChI=1S/C7H13NO.C2H3ClO/c8-7(9)6-4-2-1-3-5-6;1-2(3)4/h6H,1-5H2,(H2,8,9);1H3. The third-order valence-electron chi connectivity index (χ3n) is 2.01. The van der Waals surface area contributed by atoms with E-state index in [1.807, 2.05) is 0 Å². The zero-order chi connectivity index (χ0) is 10.3. The highest BCUT2D eigenvalue weighted by atomic mass is 35.5. The van der Waals surface area contributed by atoms with Crippen LogP contribution in [0.1, 0.15) is 39.0 Å². The van der Waals surface area contributed by atoms with E-state index in [0.29, 0.717) is 0 Å². The van der Waals surface area contributed by atoms with Gasteiger partial charge in [-0.2, -0.15) is 0 Å². The minimum absolute atomic E-state index is 0.102. The van der Waals surface area contributed by atoms with Gasteiger partial charge >= 0.3 is 0 Å². The van der Waals surface area contributed by atoms with Gasteiger partial charge in [0.25, 0.3) is 0 Å². The van der Waals surface area contributed by atoms with Crippen LogP contribution in [0.2, 0.25) is 0 Å². The molecule has 0 radical (unpaired) electrons. The summed E-state index contributed by atoms with van der Waals surface area (Å²) >= 11 is 4.64. The lowest BCUT2D eigenvalue weighted by atomic mass is 9.89. The Hall–Kier alpha value is -0.570. The summed E-state index contributed by atoms with van der Waals surface area (Å²) in [7, 11) is 0. The van der Waals surface area contributed by atoms with Crippen molar-refractivity contribution in [3.05, 3.63) is 0 Å².